The van der Waals surface area contributed by atoms with Crippen molar-refractivity contribution in [3.8, 4) is 17.6 Å². The van der Waals surface area contributed by atoms with Crippen LogP contribution in [-0.2, 0) is 4.79 Å². The van der Waals surface area contributed by atoms with Crippen molar-refractivity contribution in [1.29, 1.82) is 0 Å². The van der Waals surface area contributed by atoms with Crippen LogP contribution in [0.5, 0.6) is 5.75 Å². The quantitative estimate of drug-likeness (QED) is 0.812. The average Bonchev–Trinajstić information content (AvgIpc) is 2.64. The summed E-state index contributed by atoms with van der Waals surface area (Å²) < 4.78 is 5.49. The van der Waals surface area contributed by atoms with E-state index in [1.165, 1.54) is 5.56 Å². The molecule has 0 aliphatic carbocycles. The Labute approximate surface area is 156 Å². The third-order valence-electron chi connectivity index (χ3n) is 3.91. The van der Waals surface area contributed by atoms with Crippen LogP contribution < -0.4 is 15.0 Å². The molecule has 0 radical (unpaired) electrons. The smallest absolute Gasteiger partial charge is 0.258 e. The van der Waals surface area contributed by atoms with E-state index in [1.807, 2.05) is 67.5 Å². The van der Waals surface area contributed by atoms with Crippen LogP contribution in [0.15, 0.2) is 48.5 Å². The molecule has 0 spiro atoms. The van der Waals surface area contributed by atoms with Gasteiger partial charge in [0.1, 0.15) is 5.75 Å². The summed E-state index contributed by atoms with van der Waals surface area (Å²) in [5.41, 5.74) is 3.30. The topological polar surface area (TPSA) is 41.6 Å². The molecule has 0 bridgehead atoms. The number of hydrogen-bond donors (Lipinski definition) is 1. The zero-order valence-corrected chi connectivity index (χ0v) is 15.9. The lowest BCUT2D eigenvalue weighted by molar-refractivity contribution is -0.122. The van der Waals surface area contributed by atoms with Crippen LogP contribution >= 0.6 is 0 Å². The summed E-state index contributed by atoms with van der Waals surface area (Å²) >= 11 is 0. The van der Waals surface area contributed by atoms with E-state index in [9.17, 15) is 4.79 Å². The van der Waals surface area contributed by atoms with E-state index in [1.54, 1.807) is 0 Å². The van der Waals surface area contributed by atoms with Gasteiger partial charge in [0, 0.05) is 25.3 Å². The third-order valence-corrected chi connectivity index (χ3v) is 3.91. The van der Waals surface area contributed by atoms with Gasteiger partial charge in [-0.3, -0.25) is 4.79 Å². The minimum atomic E-state index is -0.185. The molecule has 4 nitrogen and oxygen atoms in total. The average molecular weight is 350 g/mol. The first-order valence-corrected chi connectivity index (χ1v) is 8.71. The zero-order valence-electron chi connectivity index (χ0n) is 15.9. The molecule has 0 heterocycles. The number of anilines is 1. The largest absolute Gasteiger partial charge is 0.484 e. The van der Waals surface area contributed by atoms with Crippen molar-refractivity contribution in [3.05, 3.63) is 59.7 Å². The molecule has 2 rings (SSSR count). The molecule has 0 fully saturated rings. The van der Waals surface area contributed by atoms with Crippen LogP contribution in [0.4, 0.5) is 5.69 Å². The summed E-state index contributed by atoms with van der Waals surface area (Å²) in [4.78, 5) is 13.8. The van der Waals surface area contributed by atoms with E-state index < -0.39 is 0 Å². The number of hydrogen-bond acceptors (Lipinski definition) is 3. The zero-order chi connectivity index (χ0) is 18.9. The minimum Gasteiger partial charge on any atom is -0.484 e. The molecule has 1 amide bonds. The Balaban J connectivity index is 1.73. The van der Waals surface area contributed by atoms with Crippen LogP contribution in [-0.4, -0.2) is 33.2 Å². The SMILES string of the molecule is CC(C)c1ccc(OCC(=O)NCC#Cc2ccc(N(C)C)cc2)cc1. The van der Waals surface area contributed by atoms with Crippen LogP contribution in [0.25, 0.3) is 0 Å². The Morgan fingerprint density at radius 3 is 2.31 bits per heavy atom. The Kier molecular flexibility index (Phi) is 7.11. The molecule has 0 saturated carbocycles. The predicted octanol–water partition coefficient (Wildman–Crippen LogP) is 3.42. The number of benzene rings is 2. The number of carbonyl (C=O) groups is 1. The highest BCUT2D eigenvalue weighted by Crippen LogP contribution is 2.18. The highest BCUT2D eigenvalue weighted by atomic mass is 16.5. The Morgan fingerprint density at radius 1 is 1.08 bits per heavy atom. The molecule has 2 aromatic carbocycles. The maximum Gasteiger partial charge on any atom is 0.258 e. The Bertz CT molecular complexity index is 767. The molecule has 1 N–H and O–H groups in total. The number of rotatable bonds is 6. The highest BCUT2D eigenvalue weighted by molar-refractivity contribution is 5.77. The van der Waals surface area contributed by atoms with Gasteiger partial charge in [-0.15, -0.1) is 0 Å². The summed E-state index contributed by atoms with van der Waals surface area (Å²) in [6.45, 7) is 4.56. The number of nitrogens with zero attached hydrogens (tertiary/aromatic N) is 1. The van der Waals surface area contributed by atoms with Gasteiger partial charge < -0.3 is 15.0 Å². The van der Waals surface area contributed by atoms with Crippen molar-refractivity contribution in [3.63, 3.8) is 0 Å². The van der Waals surface area contributed by atoms with E-state index in [-0.39, 0.29) is 12.5 Å². The fraction of sp³-hybridized carbons (Fsp3) is 0.318. The van der Waals surface area contributed by atoms with Crippen molar-refractivity contribution >= 4 is 11.6 Å². The normalized spacial score (nSPS) is 10.0. The van der Waals surface area contributed by atoms with Crippen molar-refractivity contribution in [2.45, 2.75) is 19.8 Å². The van der Waals surface area contributed by atoms with Crippen LogP contribution in [0.2, 0.25) is 0 Å². The van der Waals surface area contributed by atoms with Crippen LogP contribution in [0.1, 0.15) is 30.9 Å². The molecular formula is C22H26N2O2. The van der Waals surface area contributed by atoms with Gasteiger partial charge in [-0.2, -0.15) is 0 Å². The van der Waals surface area contributed by atoms with Gasteiger partial charge in [-0.25, -0.2) is 0 Å². The van der Waals surface area contributed by atoms with Gasteiger partial charge in [0.2, 0.25) is 0 Å². The van der Waals surface area contributed by atoms with E-state index >= 15 is 0 Å². The molecule has 0 atom stereocenters. The summed E-state index contributed by atoms with van der Waals surface area (Å²) in [7, 11) is 3.99. The number of nitrogens with one attached hydrogen (secondary N) is 1. The maximum atomic E-state index is 11.8. The summed E-state index contributed by atoms with van der Waals surface area (Å²) in [5.74, 6) is 6.96. The molecule has 0 aromatic heterocycles. The van der Waals surface area contributed by atoms with Crippen LogP contribution in [0.3, 0.4) is 0 Å². The monoisotopic (exact) mass is 350 g/mol. The fourth-order valence-corrected chi connectivity index (χ4v) is 2.28. The molecule has 26 heavy (non-hydrogen) atoms. The number of carbonyl (C=O) groups excluding carboxylic acids is 1. The molecule has 0 aliphatic heterocycles. The van der Waals surface area contributed by atoms with E-state index in [4.69, 9.17) is 4.74 Å². The van der Waals surface area contributed by atoms with E-state index in [2.05, 4.69) is 31.0 Å². The van der Waals surface area contributed by atoms with Gasteiger partial charge in [0.05, 0.1) is 6.54 Å². The molecule has 0 aliphatic rings. The lowest BCUT2D eigenvalue weighted by Gasteiger charge is -2.11. The van der Waals surface area contributed by atoms with Gasteiger partial charge in [-0.05, 0) is 47.9 Å². The van der Waals surface area contributed by atoms with Crippen LogP contribution in [0, 0.1) is 11.8 Å². The second-order valence-electron chi connectivity index (χ2n) is 6.53. The molecule has 2 aromatic rings. The fourth-order valence-electron chi connectivity index (χ4n) is 2.28. The van der Waals surface area contributed by atoms with Gasteiger partial charge in [-0.1, -0.05) is 37.8 Å². The summed E-state index contributed by atoms with van der Waals surface area (Å²) in [6, 6.07) is 15.8. The van der Waals surface area contributed by atoms with Crippen molar-refractivity contribution < 1.29 is 9.53 Å². The maximum absolute atomic E-state index is 11.8. The summed E-state index contributed by atoms with van der Waals surface area (Å²) in [5, 5.41) is 2.74. The predicted molar refractivity (Wildman–Crippen MR) is 107 cm³/mol. The first-order chi connectivity index (χ1) is 12.5. The number of ether oxygens (including phenoxy) is 1. The first kappa shape index (κ1) is 19.4. The Hall–Kier alpha value is -2.93. The first-order valence-electron chi connectivity index (χ1n) is 8.71. The standard InChI is InChI=1S/C22H26N2O2/c1-17(2)19-9-13-21(14-10-19)26-16-22(25)23-15-5-6-18-7-11-20(12-8-18)24(3)4/h7-14,17H,15-16H2,1-4H3,(H,23,25). The number of amides is 1. The van der Waals surface area contributed by atoms with Crippen molar-refractivity contribution in [2.75, 3.05) is 32.1 Å². The molecule has 4 heteroatoms. The second-order valence-corrected chi connectivity index (χ2v) is 6.53. The summed E-state index contributed by atoms with van der Waals surface area (Å²) in [6.07, 6.45) is 0. The van der Waals surface area contributed by atoms with E-state index in [0.29, 0.717) is 18.2 Å². The minimum absolute atomic E-state index is 0.0137. The molecular weight excluding hydrogens is 324 g/mol. The molecule has 0 unspecified atom stereocenters. The molecule has 0 saturated heterocycles. The van der Waals surface area contributed by atoms with Gasteiger partial charge >= 0.3 is 0 Å². The van der Waals surface area contributed by atoms with Gasteiger partial charge in [0.25, 0.3) is 5.91 Å². The molecule has 136 valence electrons. The second kappa shape index (κ2) is 9.53. The van der Waals surface area contributed by atoms with Gasteiger partial charge in [0.15, 0.2) is 6.61 Å². The van der Waals surface area contributed by atoms with E-state index in [0.717, 1.165) is 11.3 Å². The van der Waals surface area contributed by atoms with Crippen molar-refractivity contribution in [2.24, 2.45) is 0 Å². The van der Waals surface area contributed by atoms with Crippen molar-refractivity contribution in [1.82, 2.24) is 5.32 Å². The Morgan fingerprint density at radius 2 is 1.73 bits per heavy atom. The highest BCUT2D eigenvalue weighted by Gasteiger charge is 2.03. The lowest BCUT2D eigenvalue weighted by atomic mass is 10.0. The third kappa shape index (κ3) is 6.18. The lowest BCUT2D eigenvalue weighted by Crippen LogP contribution is -2.29.